The van der Waals surface area contributed by atoms with Crippen molar-refractivity contribution < 1.29 is 133 Å². The van der Waals surface area contributed by atoms with Crippen LogP contribution in [0.25, 0.3) is 0 Å². The van der Waals surface area contributed by atoms with Gasteiger partial charge in [0.1, 0.15) is 0 Å². The monoisotopic (exact) mass is 871 g/mol. The van der Waals surface area contributed by atoms with Crippen LogP contribution in [-0.2, 0) is 14.8 Å². The SMILES string of the molecule is C[N+](C)(C)CCCN(CCC(=O)O)S(=O)(=O)C(F)(F)C(F)(F)C(F)(F)C(F)(F)C(F)(F)C(F)(F)C(F)(F)C(F)(F)C(F)(F)C(F)(F)C(F)(F)C(F)(F)F. The number of alkyl halides is 25. The number of hydrogen-bond acceptors (Lipinski definition) is 3. The van der Waals surface area contributed by atoms with Gasteiger partial charge in [0, 0.05) is 19.5 Å². The average Bonchev–Trinajstić information content (AvgIpc) is 2.91. The molecule has 32 heteroatoms. The highest BCUT2D eigenvalue weighted by Gasteiger charge is 3.00. The minimum absolute atomic E-state index is 0.287. The number of halogens is 25. The van der Waals surface area contributed by atoms with Crippen molar-refractivity contribution in [3.05, 3.63) is 0 Å². The Bertz CT molecular complexity index is 1430. The summed E-state index contributed by atoms with van der Waals surface area (Å²) < 4.78 is 366. The number of aliphatic carboxylic acids is 1. The van der Waals surface area contributed by atoms with Gasteiger partial charge in [-0.25, -0.2) is 8.42 Å². The Hall–Kier alpha value is -2.41. The maximum Gasteiger partial charge on any atom is 0.460 e. The summed E-state index contributed by atoms with van der Waals surface area (Å²) in [4.78, 5) is 10.7. The molecule has 0 aliphatic heterocycles. The van der Waals surface area contributed by atoms with E-state index < -0.39 is 123 Å². The standard InChI is InChI=1S/C21H19F25N2O4S/c1-48(2,3)8-4-6-47(7-5-9(49)50)53(51,52)21(45,46)19(40,41)17(36,37)15(32,33)13(28,29)11(24,25)10(22,23)12(26,27)14(30,31)16(34,35)18(38,39)20(42,43)44/h4-8H2,1-3H3/p+1. The number of nitrogens with zero attached hydrogens (tertiary/aromatic N) is 2. The summed E-state index contributed by atoms with van der Waals surface area (Å²) >= 11 is 0. The van der Waals surface area contributed by atoms with Gasteiger partial charge in [0.15, 0.2) is 0 Å². The Morgan fingerprint density at radius 2 is 0.755 bits per heavy atom. The lowest BCUT2D eigenvalue weighted by Crippen LogP contribution is -2.78. The normalized spacial score (nSPS) is 16.4. The molecular formula is C21H20F25N2O4S+. The molecule has 0 unspecified atom stereocenters. The topological polar surface area (TPSA) is 74.7 Å². The van der Waals surface area contributed by atoms with Gasteiger partial charge >= 0.3 is 76.6 Å². The van der Waals surface area contributed by atoms with Gasteiger partial charge in [0.25, 0.3) is 10.0 Å². The van der Waals surface area contributed by atoms with Gasteiger partial charge in [-0.2, -0.15) is 114 Å². The number of carboxylic acids is 1. The molecule has 53 heavy (non-hydrogen) atoms. The van der Waals surface area contributed by atoms with E-state index in [0.29, 0.717) is 0 Å². The van der Waals surface area contributed by atoms with Crippen LogP contribution in [0.5, 0.6) is 0 Å². The molecule has 0 rings (SSSR count). The Kier molecular flexibility index (Phi) is 13.0. The number of carbonyl (C=O) groups is 1. The Morgan fingerprint density at radius 3 is 1.00 bits per heavy atom. The lowest BCUT2D eigenvalue weighted by Gasteiger charge is -2.45. The summed E-state index contributed by atoms with van der Waals surface area (Å²) in [5.74, 6) is -96.5. The van der Waals surface area contributed by atoms with E-state index >= 15 is 0 Å². The molecule has 0 aromatic heterocycles. The molecule has 0 aromatic rings. The van der Waals surface area contributed by atoms with Crippen molar-refractivity contribution in [3.8, 4) is 0 Å². The van der Waals surface area contributed by atoms with Gasteiger partial charge in [0.05, 0.1) is 34.1 Å². The molecule has 6 nitrogen and oxygen atoms in total. The minimum atomic E-state index is -9.80. The summed E-state index contributed by atoms with van der Waals surface area (Å²) in [7, 11) is -4.14. The molecule has 0 radical (unpaired) electrons. The summed E-state index contributed by atoms with van der Waals surface area (Å²) in [5.41, 5.74) is 0. The predicted octanol–water partition coefficient (Wildman–Crippen LogP) is 7.70. The lowest BCUT2D eigenvalue weighted by atomic mass is 9.85. The van der Waals surface area contributed by atoms with Crippen molar-refractivity contribution in [2.45, 2.75) is 83.5 Å². The molecule has 0 fully saturated rings. The van der Waals surface area contributed by atoms with E-state index in [9.17, 15) is 123 Å². The highest BCUT2D eigenvalue weighted by Crippen LogP contribution is 2.68. The van der Waals surface area contributed by atoms with Crippen LogP contribution in [0, 0.1) is 0 Å². The summed E-state index contributed by atoms with van der Waals surface area (Å²) in [6.45, 7) is -4.06. The first kappa shape index (κ1) is 50.6. The van der Waals surface area contributed by atoms with Gasteiger partial charge in [0.2, 0.25) is 0 Å². The average molecular weight is 871 g/mol. The first-order chi connectivity index (χ1) is 22.5. The molecule has 0 saturated carbocycles. The zero-order chi connectivity index (χ0) is 43.7. The number of rotatable bonds is 19. The van der Waals surface area contributed by atoms with Gasteiger partial charge in [-0.15, -0.1) is 0 Å². The zero-order valence-electron chi connectivity index (χ0n) is 25.5. The van der Waals surface area contributed by atoms with Crippen molar-refractivity contribution in [2.75, 3.05) is 40.8 Å². The Labute approximate surface area is 278 Å². The predicted molar refractivity (Wildman–Crippen MR) is 121 cm³/mol. The number of sulfonamides is 1. The van der Waals surface area contributed by atoms with Crippen LogP contribution in [0.2, 0.25) is 0 Å². The second-order valence-corrected chi connectivity index (χ2v) is 13.7. The van der Waals surface area contributed by atoms with Gasteiger partial charge in [-0.3, -0.25) is 4.79 Å². The third-order valence-electron chi connectivity index (χ3n) is 6.75. The van der Waals surface area contributed by atoms with Gasteiger partial charge < -0.3 is 9.59 Å². The minimum Gasteiger partial charge on any atom is -0.481 e. The molecule has 0 amide bonds. The molecule has 0 aliphatic carbocycles. The van der Waals surface area contributed by atoms with Gasteiger partial charge in [-0.05, 0) is 0 Å². The molecular weight excluding hydrogens is 851 g/mol. The maximum absolute atomic E-state index is 14.7. The molecule has 0 atom stereocenters. The van der Waals surface area contributed by atoms with E-state index in [0.717, 1.165) is 0 Å². The van der Waals surface area contributed by atoms with E-state index in [2.05, 4.69) is 0 Å². The van der Waals surface area contributed by atoms with Crippen LogP contribution < -0.4 is 0 Å². The third-order valence-corrected chi connectivity index (χ3v) is 8.70. The molecule has 0 heterocycles. The van der Waals surface area contributed by atoms with E-state index in [1.165, 1.54) is 21.1 Å². The Balaban J connectivity index is 7.51. The van der Waals surface area contributed by atoms with E-state index in [1.807, 2.05) is 0 Å². The van der Waals surface area contributed by atoms with Crippen molar-refractivity contribution in [3.63, 3.8) is 0 Å². The van der Waals surface area contributed by atoms with Gasteiger partial charge in [-0.1, -0.05) is 0 Å². The molecule has 1 N–H and O–H groups in total. The van der Waals surface area contributed by atoms with Crippen LogP contribution in [0.1, 0.15) is 12.8 Å². The van der Waals surface area contributed by atoms with E-state index in [4.69, 9.17) is 5.11 Å². The largest absolute Gasteiger partial charge is 0.481 e. The Morgan fingerprint density at radius 1 is 0.491 bits per heavy atom. The number of quaternary nitrogens is 1. The van der Waals surface area contributed by atoms with E-state index in [-0.39, 0.29) is 4.48 Å². The third kappa shape index (κ3) is 7.35. The number of carboxylic acid groups (broad SMARTS) is 1. The van der Waals surface area contributed by atoms with Crippen molar-refractivity contribution in [1.82, 2.24) is 4.31 Å². The summed E-state index contributed by atoms with van der Waals surface area (Å²) in [5, 5.41) is 0.517. The van der Waals surface area contributed by atoms with Crippen LogP contribution in [0.4, 0.5) is 110 Å². The lowest BCUT2D eigenvalue weighted by molar-refractivity contribution is -0.870. The number of hydrogen-bond donors (Lipinski definition) is 1. The zero-order valence-corrected chi connectivity index (χ0v) is 26.3. The fourth-order valence-corrected chi connectivity index (χ4v) is 5.03. The van der Waals surface area contributed by atoms with E-state index in [1.54, 1.807) is 0 Å². The van der Waals surface area contributed by atoms with Crippen LogP contribution in [-0.4, -0.2) is 140 Å². The second kappa shape index (κ2) is 13.7. The molecule has 0 aromatic carbocycles. The second-order valence-electron chi connectivity index (χ2n) is 11.7. The molecule has 0 spiro atoms. The molecule has 318 valence electrons. The highest BCUT2D eigenvalue weighted by atomic mass is 32.2. The van der Waals surface area contributed by atoms with Crippen LogP contribution in [0.3, 0.4) is 0 Å². The fourth-order valence-electron chi connectivity index (χ4n) is 3.56. The fraction of sp³-hybridized carbons (Fsp3) is 0.952. The summed E-state index contributed by atoms with van der Waals surface area (Å²) in [6.07, 6.45) is -10.8. The molecule has 0 aliphatic rings. The van der Waals surface area contributed by atoms with Crippen LogP contribution in [0.15, 0.2) is 0 Å². The molecule has 0 bridgehead atoms. The first-order valence-electron chi connectivity index (χ1n) is 12.8. The van der Waals surface area contributed by atoms with Crippen molar-refractivity contribution in [1.29, 1.82) is 0 Å². The smallest absolute Gasteiger partial charge is 0.460 e. The van der Waals surface area contributed by atoms with Crippen LogP contribution >= 0.6 is 0 Å². The first-order valence-corrected chi connectivity index (χ1v) is 14.2. The quantitative estimate of drug-likeness (QED) is 0.107. The highest BCUT2D eigenvalue weighted by molar-refractivity contribution is 7.90. The maximum atomic E-state index is 14.7. The van der Waals surface area contributed by atoms with Crippen molar-refractivity contribution in [2.24, 2.45) is 0 Å². The molecule has 0 saturated heterocycles. The summed E-state index contributed by atoms with van der Waals surface area (Å²) in [6, 6.07) is 0. The van der Waals surface area contributed by atoms with Crippen molar-refractivity contribution >= 4 is 16.0 Å².